The minimum Gasteiger partial charge on any atom is -0.454 e. The number of ether oxygens (including phenoxy) is 2. The molecule has 0 saturated carbocycles. The number of hydrogen-bond donors (Lipinski definition) is 2. The van der Waals surface area contributed by atoms with Crippen molar-refractivity contribution in [2.24, 2.45) is 5.10 Å². The van der Waals surface area contributed by atoms with Crippen LogP contribution >= 0.6 is 38.9 Å². The molecule has 2 heterocycles. The van der Waals surface area contributed by atoms with Gasteiger partial charge in [0.15, 0.2) is 11.5 Å². The van der Waals surface area contributed by atoms with Crippen LogP contribution in [0.4, 0.5) is 5.69 Å². The summed E-state index contributed by atoms with van der Waals surface area (Å²) in [5, 5.41) is 8.05. The van der Waals surface area contributed by atoms with Crippen LogP contribution in [-0.4, -0.2) is 24.8 Å². The van der Waals surface area contributed by atoms with Gasteiger partial charge in [-0.3, -0.25) is 9.59 Å². The molecule has 7 nitrogen and oxygen atoms in total. The SMILES string of the molecule is O=C(N/N=C\c1ccc2c(c1)OCO2)c1ccc(NC(=O)c2sc3cc(Br)ccc3c2Cl)cc1. The molecule has 1 aromatic heterocycles. The van der Waals surface area contributed by atoms with Gasteiger partial charge in [-0.15, -0.1) is 11.3 Å². The van der Waals surface area contributed by atoms with Crippen molar-refractivity contribution in [1.82, 2.24) is 5.43 Å². The van der Waals surface area contributed by atoms with E-state index in [2.05, 4.69) is 31.8 Å². The van der Waals surface area contributed by atoms with Crippen LogP contribution in [0.1, 0.15) is 25.6 Å². The van der Waals surface area contributed by atoms with Crippen molar-refractivity contribution in [3.63, 3.8) is 0 Å². The molecule has 3 aromatic carbocycles. The number of nitrogens with zero attached hydrogens (tertiary/aromatic N) is 1. The number of fused-ring (bicyclic) bond motifs is 2. The van der Waals surface area contributed by atoms with Crippen molar-refractivity contribution in [2.45, 2.75) is 0 Å². The van der Waals surface area contributed by atoms with E-state index in [9.17, 15) is 9.59 Å². The first-order valence-corrected chi connectivity index (χ1v) is 12.0. The molecule has 5 rings (SSSR count). The standard InChI is InChI=1S/C24H15BrClN3O4S/c25-15-4-7-17-20(10-15)34-22(21(17)26)24(31)28-16-5-2-14(3-6-16)23(30)29-27-11-13-1-8-18-19(9-13)33-12-32-18/h1-11H,12H2,(H,28,31)(H,29,30)/b27-11-. The number of benzene rings is 3. The van der Waals surface area contributed by atoms with Gasteiger partial charge in [0.1, 0.15) is 4.88 Å². The Morgan fingerprint density at radius 2 is 1.79 bits per heavy atom. The average Bonchev–Trinajstić information content (AvgIpc) is 3.43. The van der Waals surface area contributed by atoms with Gasteiger partial charge in [-0.1, -0.05) is 33.6 Å². The number of nitrogens with one attached hydrogen (secondary N) is 2. The average molecular weight is 557 g/mol. The van der Waals surface area contributed by atoms with Crippen molar-refractivity contribution in [3.8, 4) is 11.5 Å². The summed E-state index contributed by atoms with van der Waals surface area (Å²) >= 11 is 11.2. The van der Waals surface area contributed by atoms with Crippen LogP contribution in [-0.2, 0) is 0 Å². The van der Waals surface area contributed by atoms with Crippen molar-refractivity contribution < 1.29 is 19.1 Å². The highest BCUT2D eigenvalue weighted by molar-refractivity contribution is 9.10. The fourth-order valence-corrected chi connectivity index (χ4v) is 5.27. The lowest BCUT2D eigenvalue weighted by atomic mass is 10.2. The van der Waals surface area contributed by atoms with Gasteiger partial charge in [-0.25, -0.2) is 5.43 Å². The Morgan fingerprint density at radius 3 is 2.62 bits per heavy atom. The van der Waals surface area contributed by atoms with Gasteiger partial charge in [0.2, 0.25) is 6.79 Å². The first kappa shape index (κ1) is 22.4. The Kier molecular flexibility index (Phi) is 6.23. The van der Waals surface area contributed by atoms with Gasteiger partial charge < -0.3 is 14.8 Å². The lowest BCUT2D eigenvalue weighted by Gasteiger charge is -2.05. The molecule has 0 aliphatic carbocycles. The Morgan fingerprint density at radius 1 is 1.00 bits per heavy atom. The van der Waals surface area contributed by atoms with E-state index in [1.807, 2.05) is 24.3 Å². The Labute approximate surface area is 211 Å². The highest BCUT2D eigenvalue weighted by Crippen LogP contribution is 2.37. The van der Waals surface area contributed by atoms with Gasteiger partial charge in [0.05, 0.1) is 11.2 Å². The minimum atomic E-state index is -0.381. The van der Waals surface area contributed by atoms with Crippen LogP contribution in [0, 0.1) is 0 Å². The number of hydrazone groups is 1. The molecule has 4 aromatic rings. The molecular formula is C24H15BrClN3O4S. The molecule has 1 aliphatic rings. The van der Waals surface area contributed by atoms with Gasteiger partial charge in [0.25, 0.3) is 11.8 Å². The van der Waals surface area contributed by atoms with Gasteiger partial charge in [0, 0.05) is 25.8 Å². The van der Waals surface area contributed by atoms with E-state index in [0.717, 1.165) is 20.1 Å². The Bertz CT molecular complexity index is 1450. The molecule has 2 amide bonds. The van der Waals surface area contributed by atoms with E-state index in [4.69, 9.17) is 21.1 Å². The molecule has 0 atom stereocenters. The summed E-state index contributed by atoms with van der Waals surface area (Å²) in [7, 11) is 0. The smallest absolute Gasteiger partial charge is 0.271 e. The van der Waals surface area contributed by atoms with E-state index >= 15 is 0 Å². The van der Waals surface area contributed by atoms with Gasteiger partial charge in [-0.05, 0) is 60.2 Å². The summed E-state index contributed by atoms with van der Waals surface area (Å²) in [5.74, 6) is 0.620. The van der Waals surface area contributed by atoms with E-state index < -0.39 is 0 Å². The summed E-state index contributed by atoms with van der Waals surface area (Å²) in [6.07, 6.45) is 1.52. The predicted molar refractivity (Wildman–Crippen MR) is 137 cm³/mol. The van der Waals surface area contributed by atoms with Crippen molar-refractivity contribution >= 4 is 72.7 Å². The first-order chi connectivity index (χ1) is 16.5. The maximum Gasteiger partial charge on any atom is 0.271 e. The van der Waals surface area contributed by atoms with E-state index in [1.54, 1.807) is 36.4 Å². The number of hydrogen-bond acceptors (Lipinski definition) is 6. The second-order valence-electron chi connectivity index (χ2n) is 7.23. The normalized spacial score (nSPS) is 12.3. The van der Waals surface area contributed by atoms with E-state index in [-0.39, 0.29) is 18.6 Å². The van der Waals surface area contributed by atoms with Crippen LogP contribution in [0.2, 0.25) is 5.02 Å². The third-order valence-corrected chi connectivity index (χ3v) is 7.13. The highest BCUT2D eigenvalue weighted by Gasteiger charge is 2.18. The number of amides is 2. The monoisotopic (exact) mass is 555 g/mol. The van der Waals surface area contributed by atoms with Crippen molar-refractivity contribution in [2.75, 3.05) is 12.1 Å². The minimum absolute atomic E-state index is 0.193. The second kappa shape index (κ2) is 9.46. The lowest BCUT2D eigenvalue weighted by molar-refractivity contribution is 0.0954. The summed E-state index contributed by atoms with van der Waals surface area (Å²) in [4.78, 5) is 25.5. The van der Waals surface area contributed by atoms with Gasteiger partial charge in [-0.2, -0.15) is 5.10 Å². The van der Waals surface area contributed by atoms with Crippen LogP contribution in [0.5, 0.6) is 11.5 Å². The predicted octanol–water partition coefficient (Wildman–Crippen LogP) is 6.06. The van der Waals surface area contributed by atoms with Crippen molar-refractivity contribution in [3.05, 3.63) is 86.2 Å². The summed E-state index contributed by atoms with van der Waals surface area (Å²) in [6, 6.07) is 17.5. The summed E-state index contributed by atoms with van der Waals surface area (Å²) < 4.78 is 12.4. The van der Waals surface area contributed by atoms with Gasteiger partial charge >= 0.3 is 0 Å². The molecule has 0 fully saturated rings. The molecule has 0 spiro atoms. The molecular weight excluding hydrogens is 542 g/mol. The molecule has 0 radical (unpaired) electrons. The third kappa shape index (κ3) is 4.63. The fraction of sp³-hybridized carbons (Fsp3) is 0.0417. The lowest BCUT2D eigenvalue weighted by Crippen LogP contribution is -2.17. The van der Waals surface area contributed by atoms with Crippen LogP contribution in [0.3, 0.4) is 0 Å². The fourth-order valence-electron chi connectivity index (χ4n) is 3.30. The van der Waals surface area contributed by atoms with E-state index in [1.165, 1.54) is 17.6 Å². The number of carbonyl (C=O) groups excluding carboxylic acids is 2. The Hall–Kier alpha value is -3.40. The zero-order valence-electron chi connectivity index (χ0n) is 17.3. The van der Waals surface area contributed by atoms with Crippen molar-refractivity contribution in [1.29, 1.82) is 0 Å². The number of thiophene rings is 1. The molecule has 170 valence electrons. The third-order valence-electron chi connectivity index (χ3n) is 4.98. The summed E-state index contributed by atoms with van der Waals surface area (Å²) in [6.45, 7) is 0.193. The zero-order valence-corrected chi connectivity index (χ0v) is 20.5. The first-order valence-electron chi connectivity index (χ1n) is 10.00. The van der Waals surface area contributed by atoms with Crippen LogP contribution < -0.4 is 20.2 Å². The largest absolute Gasteiger partial charge is 0.454 e. The zero-order chi connectivity index (χ0) is 23.7. The molecule has 0 unspecified atom stereocenters. The maximum absolute atomic E-state index is 12.7. The molecule has 1 aliphatic heterocycles. The number of carbonyl (C=O) groups is 2. The van der Waals surface area contributed by atoms with Crippen LogP contribution in [0.25, 0.3) is 10.1 Å². The number of anilines is 1. The Balaban J connectivity index is 1.21. The number of halogens is 2. The highest BCUT2D eigenvalue weighted by atomic mass is 79.9. The molecule has 34 heavy (non-hydrogen) atoms. The molecule has 10 heteroatoms. The topological polar surface area (TPSA) is 89.0 Å². The second-order valence-corrected chi connectivity index (χ2v) is 9.57. The molecule has 2 N–H and O–H groups in total. The molecule has 0 saturated heterocycles. The molecule has 0 bridgehead atoms. The summed E-state index contributed by atoms with van der Waals surface area (Å²) in [5.41, 5.74) is 4.17. The maximum atomic E-state index is 12.7. The van der Waals surface area contributed by atoms with Crippen LogP contribution in [0.15, 0.2) is 70.2 Å². The quantitative estimate of drug-likeness (QED) is 0.231. The van der Waals surface area contributed by atoms with E-state index in [0.29, 0.717) is 32.6 Å². The number of rotatable bonds is 5.